The Bertz CT molecular complexity index is 460. The van der Waals surface area contributed by atoms with Crippen molar-refractivity contribution in [2.75, 3.05) is 6.54 Å². The van der Waals surface area contributed by atoms with E-state index in [0.29, 0.717) is 6.54 Å². The molecule has 0 spiro atoms. The van der Waals surface area contributed by atoms with Crippen LogP contribution in [0.1, 0.15) is 25.5 Å². The number of carbonyl (C=O) groups excluding carboxylic acids is 1. The third-order valence-electron chi connectivity index (χ3n) is 2.52. The summed E-state index contributed by atoms with van der Waals surface area (Å²) in [5, 5.41) is 11.9. The van der Waals surface area contributed by atoms with E-state index in [1.54, 1.807) is 13.0 Å². The molecule has 19 heavy (non-hydrogen) atoms. The average Bonchev–Trinajstić information content (AvgIpc) is 2.35. The highest BCUT2D eigenvalue weighted by molar-refractivity contribution is 5.80. The molecule has 0 heterocycles. The smallest absolute Gasteiger partial charge is 0.261 e. The molecule has 1 amide bonds. The molecule has 1 unspecified atom stereocenters. The van der Waals surface area contributed by atoms with Gasteiger partial charge < -0.3 is 15.2 Å². The summed E-state index contributed by atoms with van der Waals surface area (Å²) in [5.41, 5.74) is 0.191. The minimum Gasteiger partial charge on any atom is -0.481 e. The van der Waals surface area contributed by atoms with Crippen LogP contribution in [0.5, 0.6) is 5.75 Å². The average molecular weight is 267 g/mol. The van der Waals surface area contributed by atoms with Crippen LogP contribution in [0.4, 0.5) is 4.39 Å². The van der Waals surface area contributed by atoms with Gasteiger partial charge in [-0.1, -0.05) is 6.08 Å². The lowest BCUT2D eigenvalue weighted by atomic mass is 10.1. The van der Waals surface area contributed by atoms with Gasteiger partial charge in [-0.3, -0.25) is 4.79 Å². The van der Waals surface area contributed by atoms with E-state index in [9.17, 15) is 14.3 Å². The van der Waals surface area contributed by atoms with Crippen molar-refractivity contribution in [2.24, 2.45) is 0 Å². The summed E-state index contributed by atoms with van der Waals surface area (Å²) in [7, 11) is 0. The highest BCUT2D eigenvalue weighted by Gasteiger charge is 2.15. The van der Waals surface area contributed by atoms with Crippen molar-refractivity contribution in [2.45, 2.75) is 26.1 Å². The Morgan fingerprint density at radius 2 is 2.26 bits per heavy atom. The second-order valence-electron chi connectivity index (χ2n) is 4.15. The molecule has 0 saturated heterocycles. The topological polar surface area (TPSA) is 58.6 Å². The molecular weight excluding hydrogens is 249 g/mol. The highest BCUT2D eigenvalue weighted by atomic mass is 19.1. The molecule has 2 atom stereocenters. The van der Waals surface area contributed by atoms with Crippen LogP contribution in [0.3, 0.4) is 0 Å². The summed E-state index contributed by atoms with van der Waals surface area (Å²) in [6.45, 7) is 6.88. The van der Waals surface area contributed by atoms with Crippen molar-refractivity contribution in [1.29, 1.82) is 0 Å². The predicted molar refractivity (Wildman–Crippen MR) is 70.3 cm³/mol. The van der Waals surface area contributed by atoms with E-state index in [1.807, 2.05) is 0 Å². The molecular formula is C14H18FNO3. The first-order valence-corrected chi connectivity index (χ1v) is 5.98. The SMILES string of the molecule is C=CCNC(=O)C(C)Oc1ccc([C@@H](C)O)c(F)c1. The van der Waals surface area contributed by atoms with Gasteiger partial charge in [0.25, 0.3) is 5.91 Å². The molecule has 0 fully saturated rings. The van der Waals surface area contributed by atoms with Crippen LogP contribution in [0.25, 0.3) is 0 Å². The van der Waals surface area contributed by atoms with Crippen molar-refractivity contribution >= 4 is 5.91 Å². The second-order valence-corrected chi connectivity index (χ2v) is 4.15. The summed E-state index contributed by atoms with van der Waals surface area (Å²) in [6, 6.07) is 4.10. The fraction of sp³-hybridized carbons (Fsp3) is 0.357. The van der Waals surface area contributed by atoms with Gasteiger partial charge in [0.15, 0.2) is 6.10 Å². The van der Waals surface area contributed by atoms with Crippen LogP contribution in [0.2, 0.25) is 0 Å². The maximum absolute atomic E-state index is 13.6. The van der Waals surface area contributed by atoms with Crippen LogP contribution in [0.15, 0.2) is 30.9 Å². The molecule has 0 aliphatic rings. The van der Waals surface area contributed by atoms with Crippen molar-refractivity contribution < 1.29 is 19.0 Å². The zero-order valence-electron chi connectivity index (χ0n) is 11.0. The van der Waals surface area contributed by atoms with E-state index in [1.165, 1.54) is 19.1 Å². The summed E-state index contributed by atoms with van der Waals surface area (Å²) < 4.78 is 18.9. The van der Waals surface area contributed by atoms with Crippen molar-refractivity contribution in [3.8, 4) is 5.75 Å². The zero-order valence-corrected chi connectivity index (χ0v) is 11.0. The maximum Gasteiger partial charge on any atom is 0.261 e. The third kappa shape index (κ3) is 4.37. The standard InChI is InChI=1S/C14H18FNO3/c1-4-7-16-14(18)10(3)19-11-5-6-12(9(2)17)13(15)8-11/h4-6,8-10,17H,1,7H2,2-3H3,(H,16,18)/t9-,10?/m1/s1. The van der Waals surface area contributed by atoms with Gasteiger partial charge >= 0.3 is 0 Å². The molecule has 0 aromatic heterocycles. The largest absolute Gasteiger partial charge is 0.481 e. The number of benzene rings is 1. The van der Waals surface area contributed by atoms with Gasteiger partial charge in [0.2, 0.25) is 0 Å². The van der Waals surface area contributed by atoms with E-state index in [4.69, 9.17) is 4.74 Å². The van der Waals surface area contributed by atoms with Crippen LogP contribution in [0, 0.1) is 5.82 Å². The number of nitrogens with one attached hydrogen (secondary N) is 1. The number of halogens is 1. The normalized spacial score (nSPS) is 13.5. The Morgan fingerprint density at radius 3 is 2.79 bits per heavy atom. The van der Waals surface area contributed by atoms with Gasteiger partial charge in [0, 0.05) is 18.2 Å². The van der Waals surface area contributed by atoms with Crippen LogP contribution >= 0.6 is 0 Å². The Labute approximate surface area is 111 Å². The number of rotatable bonds is 6. The Balaban J connectivity index is 2.69. The molecule has 2 N–H and O–H groups in total. The van der Waals surface area contributed by atoms with Crippen LogP contribution in [-0.4, -0.2) is 23.7 Å². The molecule has 5 heteroatoms. The fourth-order valence-electron chi connectivity index (χ4n) is 1.49. The van der Waals surface area contributed by atoms with E-state index in [-0.39, 0.29) is 17.2 Å². The Hall–Kier alpha value is -1.88. The summed E-state index contributed by atoms with van der Waals surface area (Å²) >= 11 is 0. The third-order valence-corrected chi connectivity index (χ3v) is 2.52. The number of aliphatic hydroxyl groups excluding tert-OH is 1. The molecule has 0 bridgehead atoms. The first-order valence-electron chi connectivity index (χ1n) is 5.98. The van der Waals surface area contributed by atoms with E-state index in [2.05, 4.69) is 11.9 Å². The van der Waals surface area contributed by atoms with E-state index < -0.39 is 18.0 Å². The Morgan fingerprint density at radius 1 is 1.58 bits per heavy atom. The summed E-state index contributed by atoms with van der Waals surface area (Å²) in [4.78, 5) is 11.5. The van der Waals surface area contributed by atoms with E-state index >= 15 is 0 Å². The molecule has 1 aromatic carbocycles. The van der Waals surface area contributed by atoms with Crippen molar-refractivity contribution in [3.05, 3.63) is 42.2 Å². The Kier molecular flexibility index (Phi) is 5.51. The van der Waals surface area contributed by atoms with Gasteiger partial charge in [-0.2, -0.15) is 0 Å². The second kappa shape index (κ2) is 6.89. The molecule has 1 aromatic rings. The van der Waals surface area contributed by atoms with Gasteiger partial charge in [0.05, 0.1) is 6.10 Å². The fourth-order valence-corrected chi connectivity index (χ4v) is 1.49. The van der Waals surface area contributed by atoms with Gasteiger partial charge in [0.1, 0.15) is 11.6 Å². The number of hydrogen-bond donors (Lipinski definition) is 2. The molecule has 0 radical (unpaired) electrons. The quantitative estimate of drug-likeness (QED) is 0.774. The molecule has 0 aliphatic carbocycles. The van der Waals surface area contributed by atoms with Crippen molar-refractivity contribution in [1.82, 2.24) is 5.32 Å². The minimum atomic E-state index is -0.887. The molecule has 0 saturated carbocycles. The van der Waals surface area contributed by atoms with Crippen molar-refractivity contribution in [3.63, 3.8) is 0 Å². The van der Waals surface area contributed by atoms with Crippen LogP contribution in [-0.2, 0) is 4.79 Å². The molecule has 1 rings (SSSR count). The number of ether oxygens (including phenoxy) is 1. The van der Waals surface area contributed by atoms with Gasteiger partial charge in [-0.05, 0) is 26.0 Å². The van der Waals surface area contributed by atoms with Gasteiger partial charge in [-0.25, -0.2) is 4.39 Å². The highest BCUT2D eigenvalue weighted by Crippen LogP contribution is 2.22. The first kappa shape index (κ1) is 15.2. The first-order chi connectivity index (χ1) is 8.95. The minimum absolute atomic E-state index is 0.191. The molecule has 104 valence electrons. The van der Waals surface area contributed by atoms with Crippen LogP contribution < -0.4 is 10.1 Å². The summed E-state index contributed by atoms with van der Waals surface area (Å²) in [5.74, 6) is -0.630. The lowest BCUT2D eigenvalue weighted by Crippen LogP contribution is -2.36. The zero-order chi connectivity index (χ0) is 14.4. The lowest BCUT2D eigenvalue weighted by molar-refractivity contribution is -0.127. The lowest BCUT2D eigenvalue weighted by Gasteiger charge is -2.15. The number of amides is 1. The van der Waals surface area contributed by atoms with Gasteiger partial charge in [-0.15, -0.1) is 6.58 Å². The number of aliphatic hydroxyl groups is 1. The predicted octanol–water partition coefficient (Wildman–Crippen LogP) is 1.95. The maximum atomic E-state index is 13.6. The molecule has 4 nitrogen and oxygen atoms in total. The molecule has 0 aliphatic heterocycles. The monoisotopic (exact) mass is 267 g/mol. The number of carbonyl (C=O) groups is 1. The number of hydrogen-bond acceptors (Lipinski definition) is 3. The van der Waals surface area contributed by atoms with E-state index in [0.717, 1.165) is 6.07 Å². The summed E-state index contributed by atoms with van der Waals surface area (Å²) in [6.07, 6.45) is -0.0686.